The molecule has 51 heavy (non-hydrogen) atoms. The average Bonchev–Trinajstić information content (AvgIpc) is 3.69. The van der Waals surface area contributed by atoms with E-state index >= 15 is 4.39 Å². The van der Waals surface area contributed by atoms with Gasteiger partial charge in [-0.25, -0.2) is 23.1 Å². The van der Waals surface area contributed by atoms with Crippen LogP contribution in [0.25, 0.3) is 39.0 Å². The normalized spacial score (nSPS) is 20.9. The van der Waals surface area contributed by atoms with Gasteiger partial charge in [0.2, 0.25) is 0 Å². The minimum atomic E-state index is -0.943. The van der Waals surface area contributed by atoms with Crippen LogP contribution in [-0.2, 0) is 4.79 Å². The summed E-state index contributed by atoms with van der Waals surface area (Å²) in [6.07, 6.45) is 12.3. The van der Waals surface area contributed by atoms with Crippen molar-refractivity contribution in [2.45, 2.75) is 31.0 Å². The number of amides is 1. The molecule has 13 heteroatoms. The van der Waals surface area contributed by atoms with Crippen LogP contribution in [0.15, 0.2) is 67.0 Å². The molecule has 0 aliphatic carbocycles. The highest BCUT2D eigenvalue weighted by Crippen LogP contribution is 2.41. The molecule has 3 aliphatic heterocycles. The van der Waals surface area contributed by atoms with E-state index in [0.29, 0.717) is 40.7 Å². The van der Waals surface area contributed by atoms with E-state index in [2.05, 4.69) is 30.8 Å². The fraction of sp³-hybridized carbons (Fsp3) is 0.316. The minimum Gasteiger partial charge on any atom is -0.461 e. The highest BCUT2D eigenvalue weighted by Gasteiger charge is 2.49. The van der Waals surface area contributed by atoms with Crippen molar-refractivity contribution in [2.75, 3.05) is 50.8 Å². The molecule has 3 aromatic heterocycles. The molecule has 1 amide bonds. The molecule has 0 unspecified atom stereocenters. The summed E-state index contributed by atoms with van der Waals surface area (Å²) in [6.45, 7) is 2.22. The number of ether oxygens (including phenoxy) is 1. The summed E-state index contributed by atoms with van der Waals surface area (Å²) in [6, 6.07) is 12.5. The second-order valence-corrected chi connectivity index (χ2v) is 13.1. The number of aromatic nitrogens is 5. The van der Waals surface area contributed by atoms with E-state index in [4.69, 9.17) is 16.1 Å². The molecule has 6 heterocycles. The quantitative estimate of drug-likeness (QED) is 0.165. The van der Waals surface area contributed by atoms with E-state index in [1.807, 2.05) is 29.2 Å². The molecule has 258 valence electrons. The first-order valence-corrected chi connectivity index (χ1v) is 16.9. The lowest BCUT2D eigenvalue weighted by molar-refractivity contribution is -0.128. The van der Waals surface area contributed by atoms with Crippen LogP contribution < -0.4 is 9.64 Å². The molecule has 0 N–H and O–H groups in total. The SMILES string of the molecule is C#Cc1cccc2cccc(-c3ncc4c(N5CCN(C(=O)/C(F)=C/c6ccncn6)CC5)nc(OC[C@@]56CCCN5C[C@H](F)C6)nc4c3F)c12. The number of hydrogen-bond acceptors (Lipinski definition) is 9. The molecular weight excluding hydrogens is 657 g/mol. The molecule has 0 saturated carbocycles. The van der Waals surface area contributed by atoms with Gasteiger partial charge < -0.3 is 14.5 Å². The minimum absolute atomic E-state index is 0.00287. The molecule has 3 aliphatic rings. The molecule has 0 spiro atoms. The second kappa shape index (κ2) is 13.3. The number of hydrogen-bond donors (Lipinski definition) is 0. The van der Waals surface area contributed by atoms with Crippen molar-refractivity contribution in [2.24, 2.45) is 0 Å². The zero-order valence-corrected chi connectivity index (χ0v) is 27.6. The number of anilines is 1. The number of carbonyl (C=O) groups excluding carboxylic acids is 1. The molecule has 0 radical (unpaired) electrons. The fourth-order valence-electron chi connectivity index (χ4n) is 7.67. The highest BCUT2D eigenvalue weighted by atomic mass is 19.1. The summed E-state index contributed by atoms with van der Waals surface area (Å²) in [4.78, 5) is 40.0. The van der Waals surface area contributed by atoms with Crippen LogP contribution in [0.4, 0.5) is 19.0 Å². The van der Waals surface area contributed by atoms with E-state index in [1.54, 1.807) is 12.1 Å². The highest BCUT2D eigenvalue weighted by molar-refractivity contribution is 6.02. The Hall–Kier alpha value is -5.61. The monoisotopic (exact) mass is 690 g/mol. The predicted molar refractivity (Wildman–Crippen MR) is 187 cm³/mol. The van der Waals surface area contributed by atoms with Gasteiger partial charge in [-0.05, 0) is 36.9 Å². The van der Waals surface area contributed by atoms with E-state index in [-0.39, 0.29) is 55.7 Å². The van der Waals surface area contributed by atoms with Crippen LogP contribution in [-0.4, -0.2) is 98.2 Å². The average molecular weight is 691 g/mol. The van der Waals surface area contributed by atoms with Crippen LogP contribution in [0, 0.1) is 18.2 Å². The van der Waals surface area contributed by atoms with Crippen LogP contribution in [0.3, 0.4) is 0 Å². The van der Waals surface area contributed by atoms with Gasteiger partial charge in [0.05, 0.1) is 16.6 Å². The van der Waals surface area contributed by atoms with Crippen molar-refractivity contribution in [1.82, 2.24) is 34.7 Å². The maximum Gasteiger partial charge on any atom is 0.319 e. The third-order valence-electron chi connectivity index (χ3n) is 10.1. The topological polar surface area (TPSA) is 100 Å². The molecule has 2 atom stereocenters. The zero-order valence-electron chi connectivity index (χ0n) is 27.6. The van der Waals surface area contributed by atoms with Crippen molar-refractivity contribution in [1.29, 1.82) is 0 Å². The van der Waals surface area contributed by atoms with Gasteiger partial charge in [0.15, 0.2) is 11.6 Å². The van der Waals surface area contributed by atoms with Gasteiger partial charge >= 0.3 is 6.01 Å². The standard InChI is InChI=1S/C38H33F3N8O2/c1-2-24-6-3-7-25-8-4-9-28(31(24)25)33-32(41)34-29(20-43-33)35(46-37(45-34)51-22-38-11-5-13-49(38)21-26(39)19-38)47-14-16-48(17-15-47)36(50)30(40)18-27-10-12-42-23-44-27/h1,3-4,6-10,12,18,20,23,26H,5,11,13-17,19,21-22H2/b30-18-/t26-,38+/m1/s1. The molecule has 0 bridgehead atoms. The Labute approximate surface area is 292 Å². The fourth-order valence-corrected chi connectivity index (χ4v) is 7.67. The summed E-state index contributed by atoms with van der Waals surface area (Å²) in [5.41, 5.74) is 1.02. The van der Waals surface area contributed by atoms with Gasteiger partial charge in [0.25, 0.3) is 5.91 Å². The number of piperazine rings is 1. The van der Waals surface area contributed by atoms with Gasteiger partial charge in [-0.15, -0.1) is 6.42 Å². The lowest BCUT2D eigenvalue weighted by Gasteiger charge is -2.35. The number of fused-ring (bicyclic) bond motifs is 3. The Morgan fingerprint density at radius 1 is 1.08 bits per heavy atom. The largest absolute Gasteiger partial charge is 0.461 e. The lowest BCUT2D eigenvalue weighted by atomic mass is 9.95. The molecule has 2 aromatic carbocycles. The van der Waals surface area contributed by atoms with E-state index in [0.717, 1.165) is 30.8 Å². The van der Waals surface area contributed by atoms with Gasteiger partial charge in [-0.3, -0.25) is 14.7 Å². The van der Waals surface area contributed by atoms with Crippen molar-refractivity contribution in [3.05, 3.63) is 84.1 Å². The number of halogens is 3. The number of nitrogens with zero attached hydrogens (tertiary/aromatic N) is 8. The smallest absolute Gasteiger partial charge is 0.319 e. The first kappa shape index (κ1) is 32.6. The predicted octanol–water partition coefficient (Wildman–Crippen LogP) is 5.37. The molecule has 10 nitrogen and oxygen atoms in total. The van der Waals surface area contributed by atoms with E-state index in [9.17, 15) is 13.6 Å². The Morgan fingerprint density at radius 3 is 2.69 bits per heavy atom. The second-order valence-electron chi connectivity index (χ2n) is 13.1. The Bertz CT molecular complexity index is 2220. The van der Waals surface area contributed by atoms with E-state index < -0.39 is 29.3 Å². The van der Waals surface area contributed by atoms with Crippen molar-refractivity contribution in [3.8, 4) is 29.6 Å². The third kappa shape index (κ3) is 5.99. The summed E-state index contributed by atoms with van der Waals surface area (Å²) in [5, 5.41) is 1.89. The van der Waals surface area contributed by atoms with Crippen LogP contribution in [0.1, 0.15) is 30.5 Å². The maximum absolute atomic E-state index is 16.8. The molecule has 3 fully saturated rings. The first-order valence-electron chi connectivity index (χ1n) is 16.9. The van der Waals surface area contributed by atoms with Crippen LogP contribution in [0.2, 0.25) is 0 Å². The maximum atomic E-state index is 16.8. The number of pyridine rings is 1. The number of carbonyl (C=O) groups is 1. The number of benzene rings is 2. The summed E-state index contributed by atoms with van der Waals surface area (Å²) in [5.74, 6) is 0.705. The Balaban J connectivity index is 1.15. The molecule has 5 aromatic rings. The van der Waals surface area contributed by atoms with Crippen LogP contribution >= 0.6 is 0 Å². The number of terminal acetylenes is 1. The Kier molecular flexibility index (Phi) is 8.47. The zero-order chi connectivity index (χ0) is 35.1. The number of alkyl halides is 1. The third-order valence-corrected chi connectivity index (χ3v) is 10.1. The van der Waals surface area contributed by atoms with Gasteiger partial charge in [0, 0.05) is 74.1 Å². The summed E-state index contributed by atoms with van der Waals surface area (Å²) in [7, 11) is 0. The summed E-state index contributed by atoms with van der Waals surface area (Å²) < 4.78 is 52.5. The van der Waals surface area contributed by atoms with Crippen molar-refractivity contribution in [3.63, 3.8) is 0 Å². The van der Waals surface area contributed by atoms with Gasteiger partial charge in [-0.2, -0.15) is 9.97 Å². The van der Waals surface area contributed by atoms with E-state index in [1.165, 1.54) is 29.7 Å². The van der Waals surface area contributed by atoms with Crippen molar-refractivity contribution < 1.29 is 22.7 Å². The van der Waals surface area contributed by atoms with Gasteiger partial charge in [0.1, 0.15) is 36.1 Å². The van der Waals surface area contributed by atoms with Crippen LogP contribution in [0.5, 0.6) is 6.01 Å². The lowest BCUT2D eigenvalue weighted by Crippen LogP contribution is -2.49. The first-order chi connectivity index (χ1) is 24.8. The van der Waals surface area contributed by atoms with Crippen molar-refractivity contribution >= 4 is 39.5 Å². The summed E-state index contributed by atoms with van der Waals surface area (Å²) >= 11 is 0. The molecule has 3 saturated heterocycles. The molecule has 8 rings (SSSR count). The van der Waals surface area contributed by atoms with Gasteiger partial charge in [-0.1, -0.05) is 36.3 Å². The Morgan fingerprint density at radius 2 is 1.90 bits per heavy atom. The number of rotatable bonds is 7. The molecular formula is C38H33F3N8O2.